The van der Waals surface area contributed by atoms with Gasteiger partial charge in [0, 0.05) is 23.0 Å². The molecule has 3 heteroatoms. The van der Waals surface area contributed by atoms with Crippen LogP contribution < -0.4 is 5.73 Å². The average Bonchev–Trinajstić information content (AvgIpc) is 2.90. The Balaban J connectivity index is 2.03. The summed E-state index contributed by atoms with van der Waals surface area (Å²) in [5.41, 5.74) is 6.03. The molecule has 1 heterocycles. The van der Waals surface area contributed by atoms with Crippen molar-refractivity contribution in [2.75, 3.05) is 6.54 Å². The van der Waals surface area contributed by atoms with Crippen molar-refractivity contribution in [1.29, 1.82) is 0 Å². The van der Waals surface area contributed by atoms with Gasteiger partial charge in [0.25, 0.3) is 0 Å². The maximum absolute atomic E-state index is 6.03. The molecule has 1 aliphatic carbocycles. The van der Waals surface area contributed by atoms with E-state index in [-0.39, 0.29) is 0 Å². The van der Waals surface area contributed by atoms with Gasteiger partial charge in [-0.2, -0.15) is 0 Å². The normalized spacial score (nSPS) is 26.4. The van der Waals surface area contributed by atoms with Gasteiger partial charge < -0.3 is 5.73 Å². The molecule has 0 spiro atoms. The fraction of sp³-hybridized carbons (Fsp3) is 0.733. The van der Waals surface area contributed by atoms with Crippen molar-refractivity contribution in [1.82, 2.24) is 4.90 Å². The number of thiophene rings is 1. The lowest BCUT2D eigenvalue weighted by molar-refractivity contribution is 0.109. The molecular weight excluding hydrogens is 240 g/mol. The summed E-state index contributed by atoms with van der Waals surface area (Å²) < 4.78 is 0. The molecule has 2 rings (SSSR count). The van der Waals surface area contributed by atoms with Crippen LogP contribution in [0.2, 0.25) is 0 Å². The third kappa shape index (κ3) is 3.34. The van der Waals surface area contributed by atoms with Gasteiger partial charge in [0.05, 0.1) is 0 Å². The molecule has 1 aliphatic rings. The van der Waals surface area contributed by atoms with Gasteiger partial charge in [-0.3, -0.25) is 4.90 Å². The summed E-state index contributed by atoms with van der Waals surface area (Å²) in [5, 5.41) is 2.19. The van der Waals surface area contributed by atoms with Gasteiger partial charge in [-0.15, -0.1) is 11.3 Å². The van der Waals surface area contributed by atoms with Crippen LogP contribution in [-0.4, -0.2) is 23.5 Å². The van der Waals surface area contributed by atoms with Crippen LogP contribution in [0.1, 0.15) is 56.9 Å². The number of nitrogens with two attached hydrogens (primary N) is 1. The van der Waals surface area contributed by atoms with E-state index in [2.05, 4.69) is 36.3 Å². The van der Waals surface area contributed by atoms with Crippen LogP contribution >= 0.6 is 11.3 Å². The van der Waals surface area contributed by atoms with E-state index >= 15 is 0 Å². The highest BCUT2D eigenvalue weighted by Crippen LogP contribution is 2.31. The summed E-state index contributed by atoms with van der Waals surface area (Å²) in [6, 6.07) is 6.18. The van der Waals surface area contributed by atoms with Gasteiger partial charge in [-0.05, 0) is 57.0 Å². The second-order valence-corrected chi connectivity index (χ2v) is 6.48. The van der Waals surface area contributed by atoms with Gasteiger partial charge in [-0.1, -0.05) is 13.0 Å². The minimum absolute atomic E-state index is 0.446. The highest BCUT2D eigenvalue weighted by atomic mass is 32.1. The minimum Gasteiger partial charge on any atom is -0.328 e. The first kappa shape index (κ1) is 14.0. The molecule has 0 amide bonds. The molecule has 1 aromatic rings. The SMILES string of the molecule is CCCN(C1CCC(N)CC1)C(C)c1cccs1. The van der Waals surface area contributed by atoms with Crippen LogP contribution in [0.25, 0.3) is 0 Å². The van der Waals surface area contributed by atoms with Gasteiger partial charge in [0.1, 0.15) is 0 Å². The summed E-state index contributed by atoms with van der Waals surface area (Å²) in [7, 11) is 0. The predicted octanol–water partition coefficient (Wildman–Crippen LogP) is 3.79. The molecule has 1 aromatic heterocycles. The van der Waals surface area contributed by atoms with Crippen molar-refractivity contribution in [2.24, 2.45) is 5.73 Å². The highest BCUT2D eigenvalue weighted by Gasteiger charge is 2.27. The Morgan fingerprint density at radius 3 is 2.67 bits per heavy atom. The molecular formula is C15H26N2S. The van der Waals surface area contributed by atoms with E-state index < -0.39 is 0 Å². The molecule has 0 saturated heterocycles. The first-order valence-electron chi connectivity index (χ1n) is 7.27. The van der Waals surface area contributed by atoms with E-state index in [0.717, 1.165) is 6.04 Å². The molecule has 102 valence electrons. The molecule has 2 nitrogen and oxygen atoms in total. The fourth-order valence-electron chi connectivity index (χ4n) is 3.08. The average molecular weight is 266 g/mol. The van der Waals surface area contributed by atoms with Crippen molar-refractivity contribution in [3.05, 3.63) is 22.4 Å². The second-order valence-electron chi connectivity index (χ2n) is 5.50. The number of hydrogen-bond donors (Lipinski definition) is 1. The summed E-state index contributed by atoms with van der Waals surface area (Å²) in [5.74, 6) is 0. The standard InChI is InChI=1S/C15H26N2S/c1-3-10-17(12(2)15-5-4-11-18-15)14-8-6-13(16)7-9-14/h4-5,11-14H,3,6-10,16H2,1-2H3. The van der Waals surface area contributed by atoms with Crippen LogP contribution in [0.5, 0.6) is 0 Å². The van der Waals surface area contributed by atoms with E-state index in [1.54, 1.807) is 0 Å². The van der Waals surface area contributed by atoms with Crippen LogP contribution in [0.15, 0.2) is 17.5 Å². The molecule has 0 aromatic carbocycles. The molecule has 1 fully saturated rings. The lowest BCUT2D eigenvalue weighted by atomic mass is 9.90. The van der Waals surface area contributed by atoms with Gasteiger partial charge in [-0.25, -0.2) is 0 Å². The van der Waals surface area contributed by atoms with E-state index in [1.165, 1.54) is 43.5 Å². The van der Waals surface area contributed by atoms with Crippen molar-refractivity contribution in [3.8, 4) is 0 Å². The predicted molar refractivity (Wildman–Crippen MR) is 80.0 cm³/mol. The maximum Gasteiger partial charge on any atom is 0.0416 e. The largest absolute Gasteiger partial charge is 0.328 e. The Bertz CT molecular complexity index is 328. The molecule has 1 atom stereocenters. The van der Waals surface area contributed by atoms with E-state index in [1.807, 2.05) is 11.3 Å². The van der Waals surface area contributed by atoms with Crippen molar-refractivity contribution in [3.63, 3.8) is 0 Å². The highest BCUT2D eigenvalue weighted by molar-refractivity contribution is 7.10. The zero-order valence-electron chi connectivity index (χ0n) is 11.6. The Hall–Kier alpha value is -0.380. The maximum atomic E-state index is 6.03. The molecule has 18 heavy (non-hydrogen) atoms. The third-order valence-electron chi connectivity index (χ3n) is 4.14. The smallest absolute Gasteiger partial charge is 0.0416 e. The minimum atomic E-state index is 0.446. The van der Waals surface area contributed by atoms with Crippen LogP contribution in [-0.2, 0) is 0 Å². The summed E-state index contributed by atoms with van der Waals surface area (Å²) in [6.07, 6.45) is 6.18. The quantitative estimate of drug-likeness (QED) is 0.878. The zero-order valence-corrected chi connectivity index (χ0v) is 12.5. The van der Waals surface area contributed by atoms with Gasteiger partial charge >= 0.3 is 0 Å². The van der Waals surface area contributed by atoms with Crippen LogP contribution in [0, 0.1) is 0 Å². The van der Waals surface area contributed by atoms with Crippen molar-refractivity contribution >= 4 is 11.3 Å². The number of nitrogens with zero attached hydrogens (tertiary/aromatic N) is 1. The Morgan fingerprint density at radius 1 is 1.39 bits per heavy atom. The lowest BCUT2D eigenvalue weighted by Gasteiger charge is -2.39. The summed E-state index contributed by atoms with van der Waals surface area (Å²) in [6.45, 7) is 5.84. The molecule has 0 bridgehead atoms. The van der Waals surface area contributed by atoms with Crippen molar-refractivity contribution < 1.29 is 0 Å². The monoisotopic (exact) mass is 266 g/mol. The molecule has 1 unspecified atom stereocenters. The fourth-order valence-corrected chi connectivity index (χ4v) is 3.88. The van der Waals surface area contributed by atoms with Gasteiger partial charge in [0.15, 0.2) is 0 Å². The molecule has 0 aliphatic heterocycles. The third-order valence-corrected chi connectivity index (χ3v) is 5.19. The summed E-state index contributed by atoms with van der Waals surface area (Å²) in [4.78, 5) is 4.20. The van der Waals surface area contributed by atoms with Crippen LogP contribution in [0.3, 0.4) is 0 Å². The van der Waals surface area contributed by atoms with Crippen molar-refractivity contribution in [2.45, 2.75) is 64.1 Å². The Morgan fingerprint density at radius 2 is 2.11 bits per heavy atom. The van der Waals surface area contributed by atoms with E-state index in [4.69, 9.17) is 5.73 Å². The summed E-state index contributed by atoms with van der Waals surface area (Å²) >= 11 is 1.88. The zero-order chi connectivity index (χ0) is 13.0. The number of rotatable bonds is 5. The first-order valence-corrected chi connectivity index (χ1v) is 8.15. The number of hydrogen-bond acceptors (Lipinski definition) is 3. The lowest BCUT2D eigenvalue weighted by Crippen LogP contribution is -2.42. The van der Waals surface area contributed by atoms with Crippen LogP contribution in [0.4, 0.5) is 0 Å². The van der Waals surface area contributed by atoms with Gasteiger partial charge in [0.2, 0.25) is 0 Å². The van der Waals surface area contributed by atoms with E-state index in [0.29, 0.717) is 12.1 Å². The first-order chi connectivity index (χ1) is 8.72. The molecule has 0 radical (unpaired) electrons. The molecule has 2 N–H and O–H groups in total. The topological polar surface area (TPSA) is 29.3 Å². The Labute approximate surface area is 115 Å². The van der Waals surface area contributed by atoms with E-state index in [9.17, 15) is 0 Å². The molecule has 1 saturated carbocycles. The second kappa shape index (κ2) is 6.69. The Kier molecular flexibility index (Phi) is 5.22.